The van der Waals surface area contributed by atoms with Crippen molar-refractivity contribution in [2.24, 2.45) is 34.5 Å². The number of rotatable bonds is 22. The standard InChI is InChI=1S/C36H65O11PS2/c1-34-9-6-28(48(37,38)45-23-22-44-21-20-43-19-18-42-17-16-41-15-14-40-13-12-39-3)24-27(34)4-5-29-30(34)7-10-35(2)31(29)8-11-36(35)46-32(25-49)33(26-50)47-36/h27-33,49-50H,4-26H2,1-3H3,(H,37,38). The van der Waals surface area contributed by atoms with Crippen LogP contribution in [0, 0.1) is 34.5 Å². The average molecular weight is 769 g/mol. The van der Waals surface area contributed by atoms with Crippen molar-refractivity contribution in [2.75, 3.05) is 97.9 Å². The fourth-order valence-electron chi connectivity index (χ4n) is 10.3. The van der Waals surface area contributed by atoms with Gasteiger partial charge in [0, 0.05) is 30.5 Å². The van der Waals surface area contributed by atoms with Crippen LogP contribution >= 0.6 is 32.9 Å². The number of methoxy groups -OCH3 is 1. The molecule has 14 heteroatoms. The van der Waals surface area contributed by atoms with Gasteiger partial charge in [-0.2, -0.15) is 25.3 Å². The molecule has 1 heterocycles. The minimum absolute atomic E-state index is 0.000588. The zero-order valence-electron chi connectivity index (χ0n) is 30.7. The van der Waals surface area contributed by atoms with Crippen molar-refractivity contribution >= 4 is 32.9 Å². The molecular weight excluding hydrogens is 703 g/mol. The molecule has 5 aliphatic rings. The molecule has 10 unspecified atom stereocenters. The van der Waals surface area contributed by atoms with E-state index in [-0.39, 0.29) is 41.9 Å². The van der Waals surface area contributed by atoms with Gasteiger partial charge in [0.1, 0.15) is 0 Å². The molecule has 5 fully saturated rings. The number of hydrogen-bond donors (Lipinski definition) is 3. The number of fused-ring (bicyclic) bond motifs is 6. The third-order valence-electron chi connectivity index (χ3n) is 13.0. The molecule has 0 bridgehead atoms. The number of thiol groups is 2. The molecule has 4 aliphatic carbocycles. The first kappa shape index (κ1) is 41.7. The average Bonchev–Trinajstić information content (AvgIpc) is 3.63. The van der Waals surface area contributed by atoms with Crippen LogP contribution in [0.15, 0.2) is 0 Å². The summed E-state index contributed by atoms with van der Waals surface area (Å²) in [6.07, 6.45) is 9.15. The predicted molar refractivity (Wildman–Crippen MR) is 197 cm³/mol. The largest absolute Gasteiger partial charge is 0.382 e. The highest BCUT2D eigenvalue weighted by molar-refractivity contribution is 7.80. The maximum absolute atomic E-state index is 13.4. The third kappa shape index (κ3) is 9.48. The van der Waals surface area contributed by atoms with Crippen LogP contribution in [0.1, 0.15) is 71.6 Å². The summed E-state index contributed by atoms with van der Waals surface area (Å²) in [5, 5.41) is 0. The Bertz CT molecular complexity index is 1060. The van der Waals surface area contributed by atoms with Crippen molar-refractivity contribution in [3.05, 3.63) is 0 Å². The molecule has 0 aromatic rings. The highest BCUT2D eigenvalue weighted by Gasteiger charge is 2.69. The van der Waals surface area contributed by atoms with E-state index < -0.39 is 13.4 Å². The summed E-state index contributed by atoms with van der Waals surface area (Å²) in [6, 6.07) is 0. The maximum Gasteiger partial charge on any atom is 0.331 e. The van der Waals surface area contributed by atoms with E-state index >= 15 is 0 Å². The molecule has 5 rings (SSSR count). The van der Waals surface area contributed by atoms with Crippen molar-refractivity contribution in [3.63, 3.8) is 0 Å². The van der Waals surface area contributed by atoms with Gasteiger partial charge in [-0.15, -0.1) is 0 Å². The highest BCUT2D eigenvalue weighted by Crippen LogP contribution is 2.71. The van der Waals surface area contributed by atoms with Gasteiger partial charge in [0.05, 0.1) is 97.1 Å². The zero-order valence-corrected chi connectivity index (χ0v) is 33.4. The van der Waals surface area contributed by atoms with E-state index in [1.165, 1.54) is 12.8 Å². The third-order valence-corrected chi connectivity index (χ3v) is 15.7. The lowest BCUT2D eigenvalue weighted by Gasteiger charge is -2.61. The zero-order chi connectivity index (χ0) is 35.7. The lowest BCUT2D eigenvalue weighted by atomic mass is 9.45. The van der Waals surface area contributed by atoms with Gasteiger partial charge in [-0.3, -0.25) is 4.57 Å². The van der Waals surface area contributed by atoms with Crippen LogP contribution in [0.4, 0.5) is 0 Å². The van der Waals surface area contributed by atoms with Crippen molar-refractivity contribution in [1.82, 2.24) is 0 Å². The molecule has 292 valence electrons. The van der Waals surface area contributed by atoms with Crippen LogP contribution in [0.3, 0.4) is 0 Å². The monoisotopic (exact) mass is 768 g/mol. The Morgan fingerprint density at radius 1 is 0.680 bits per heavy atom. The minimum Gasteiger partial charge on any atom is -0.382 e. The van der Waals surface area contributed by atoms with Gasteiger partial charge in [0.25, 0.3) is 0 Å². The molecule has 1 saturated heterocycles. The quantitative estimate of drug-likeness (QED) is 0.0719. The van der Waals surface area contributed by atoms with Crippen LogP contribution < -0.4 is 0 Å². The normalized spacial score (nSPS) is 39.3. The smallest absolute Gasteiger partial charge is 0.331 e. The summed E-state index contributed by atoms with van der Waals surface area (Å²) in [4.78, 5) is 11.0. The summed E-state index contributed by atoms with van der Waals surface area (Å²) in [6.45, 7) is 10.3. The van der Waals surface area contributed by atoms with Gasteiger partial charge in [-0.1, -0.05) is 13.8 Å². The van der Waals surface area contributed by atoms with Crippen molar-refractivity contribution in [1.29, 1.82) is 0 Å². The molecule has 11 nitrogen and oxygen atoms in total. The van der Waals surface area contributed by atoms with Crippen LogP contribution in [0.2, 0.25) is 0 Å². The molecule has 10 atom stereocenters. The fourth-order valence-corrected chi connectivity index (χ4v) is 12.5. The van der Waals surface area contributed by atoms with E-state index in [2.05, 4.69) is 39.1 Å². The summed E-state index contributed by atoms with van der Waals surface area (Å²) >= 11 is 9.14. The molecule has 4 saturated carbocycles. The van der Waals surface area contributed by atoms with E-state index in [4.69, 9.17) is 42.4 Å². The molecule has 0 aromatic carbocycles. The molecule has 1 aliphatic heterocycles. The van der Waals surface area contributed by atoms with E-state index in [1.807, 2.05) is 0 Å². The number of ether oxygens (including phenoxy) is 8. The first-order valence-electron chi connectivity index (χ1n) is 19.1. The fraction of sp³-hybridized carbons (Fsp3) is 1.00. The van der Waals surface area contributed by atoms with Crippen molar-refractivity contribution < 1.29 is 51.9 Å². The highest BCUT2D eigenvalue weighted by atomic mass is 32.1. The van der Waals surface area contributed by atoms with Crippen LogP contribution in [-0.4, -0.2) is 126 Å². The SMILES string of the molecule is COCCOCCOCCOCCOCCOCCOP(=O)(O)C1CCC2(C)C(CCC3C2CCC2(C)C3CCC23OC(CS)C(CS)O3)C1. The second-order valence-electron chi connectivity index (χ2n) is 15.5. The summed E-state index contributed by atoms with van der Waals surface area (Å²) in [5.41, 5.74) is -0.113. The topological polar surface area (TPSA) is 120 Å². The van der Waals surface area contributed by atoms with Crippen LogP contribution in [0.5, 0.6) is 0 Å². The molecule has 0 amide bonds. The van der Waals surface area contributed by atoms with Crippen molar-refractivity contribution in [3.8, 4) is 0 Å². The van der Waals surface area contributed by atoms with E-state index in [1.54, 1.807) is 7.11 Å². The van der Waals surface area contributed by atoms with Gasteiger partial charge in [-0.05, 0) is 80.5 Å². The summed E-state index contributed by atoms with van der Waals surface area (Å²) in [5.74, 6) is 3.11. The second-order valence-corrected chi connectivity index (χ2v) is 18.3. The Kier molecular flexibility index (Phi) is 16.2. The van der Waals surface area contributed by atoms with Crippen LogP contribution in [-0.2, 0) is 47.0 Å². The van der Waals surface area contributed by atoms with Gasteiger partial charge < -0.3 is 47.3 Å². The second kappa shape index (κ2) is 19.4. The number of hydrogen-bond acceptors (Lipinski definition) is 12. The molecule has 0 aromatic heterocycles. The van der Waals surface area contributed by atoms with Gasteiger partial charge in [0.2, 0.25) is 0 Å². The molecule has 0 radical (unpaired) electrons. The Hall–Kier alpha value is 0.530. The Morgan fingerprint density at radius 3 is 1.74 bits per heavy atom. The Morgan fingerprint density at radius 2 is 1.20 bits per heavy atom. The van der Waals surface area contributed by atoms with Gasteiger partial charge >= 0.3 is 7.60 Å². The van der Waals surface area contributed by atoms with Gasteiger partial charge in [0.15, 0.2) is 5.79 Å². The molecular formula is C36H65O11PS2. The molecule has 1 spiro atoms. The summed E-state index contributed by atoms with van der Waals surface area (Å²) < 4.78 is 64.9. The molecule has 50 heavy (non-hydrogen) atoms. The lowest BCUT2D eigenvalue weighted by Crippen LogP contribution is -2.57. The Balaban J connectivity index is 0.956. The van der Waals surface area contributed by atoms with Crippen LogP contribution in [0.25, 0.3) is 0 Å². The minimum atomic E-state index is -3.75. The maximum atomic E-state index is 13.4. The summed E-state index contributed by atoms with van der Waals surface area (Å²) in [7, 11) is -2.11. The van der Waals surface area contributed by atoms with Crippen molar-refractivity contribution in [2.45, 2.75) is 95.3 Å². The first-order valence-corrected chi connectivity index (χ1v) is 22.0. The first-order chi connectivity index (χ1) is 24.1. The lowest BCUT2D eigenvalue weighted by molar-refractivity contribution is -0.257. The van der Waals surface area contributed by atoms with E-state index in [0.717, 1.165) is 44.9 Å². The van der Waals surface area contributed by atoms with Gasteiger partial charge in [-0.25, -0.2) is 0 Å². The molecule has 1 N–H and O–H groups in total. The van der Waals surface area contributed by atoms with E-state index in [0.29, 0.717) is 101 Å². The van der Waals surface area contributed by atoms with E-state index in [9.17, 15) is 9.46 Å². The Labute approximate surface area is 311 Å². The predicted octanol–water partition coefficient (Wildman–Crippen LogP) is 5.67.